The summed E-state index contributed by atoms with van der Waals surface area (Å²) in [5.74, 6) is 0. The molecule has 0 saturated carbocycles. The van der Waals surface area contributed by atoms with Crippen molar-refractivity contribution in [3.05, 3.63) is 224 Å². The van der Waals surface area contributed by atoms with Gasteiger partial charge >= 0.3 is 0 Å². The van der Waals surface area contributed by atoms with E-state index in [0.717, 1.165) is 17.1 Å². The second kappa shape index (κ2) is 14.0. The highest BCUT2D eigenvalue weighted by atomic mass is 15.1. The Labute approximate surface area is 322 Å². The van der Waals surface area contributed by atoms with Gasteiger partial charge in [-0.05, 0) is 119 Å². The van der Waals surface area contributed by atoms with Crippen molar-refractivity contribution in [2.45, 2.75) is 0 Å². The molecule has 0 N–H and O–H groups in total. The van der Waals surface area contributed by atoms with Crippen molar-refractivity contribution < 1.29 is 0 Å². The third-order valence-electron chi connectivity index (χ3n) is 10.8. The topological polar surface area (TPSA) is 3.24 Å². The maximum atomic E-state index is 2.38. The number of fused-ring (bicyclic) bond motifs is 4. The third kappa shape index (κ3) is 6.02. The lowest BCUT2D eigenvalue weighted by atomic mass is 9.89. The van der Waals surface area contributed by atoms with Gasteiger partial charge in [-0.1, -0.05) is 182 Å². The Morgan fingerprint density at radius 3 is 1.47 bits per heavy atom. The van der Waals surface area contributed by atoms with Crippen molar-refractivity contribution in [3.63, 3.8) is 0 Å². The molecule has 0 radical (unpaired) electrons. The summed E-state index contributed by atoms with van der Waals surface area (Å²) in [5, 5.41) is 7.53. The van der Waals surface area contributed by atoms with Crippen LogP contribution in [-0.2, 0) is 0 Å². The zero-order valence-corrected chi connectivity index (χ0v) is 30.3. The molecule has 10 rings (SSSR count). The Morgan fingerprint density at radius 1 is 0.236 bits per heavy atom. The second-order valence-corrected chi connectivity index (χ2v) is 14.1. The summed E-state index contributed by atoms with van der Waals surface area (Å²) in [6, 6.07) is 81.4. The van der Waals surface area contributed by atoms with Crippen molar-refractivity contribution in [1.29, 1.82) is 0 Å². The number of anilines is 3. The van der Waals surface area contributed by atoms with Crippen LogP contribution in [-0.4, -0.2) is 0 Å². The number of rotatable bonds is 7. The Morgan fingerprint density at radius 2 is 0.764 bits per heavy atom. The zero-order valence-electron chi connectivity index (χ0n) is 30.3. The van der Waals surface area contributed by atoms with Gasteiger partial charge in [0.25, 0.3) is 0 Å². The van der Waals surface area contributed by atoms with Crippen LogP contribution in [0, 0.1) is 0 Å². The molecule has 0 amide bonds. The van der Waals surface area contributed by atoms with Gasteiger partial charge in [0.15, 0.2) is 0 Å². The smallest absolute Gasteiger partial charge is 0.0467 e. The summed E-state index contributed by atoms with van der Waals surface area (Å²) < 4.78 is 0. The highest BCUT2D eigenvalue weighted by Gasteiger charge is 2.17. The van der Waals surface area contributed by atoms with Crippen LogP contribution in [0.15, 0.2) is 224 Å². The molecule has 0 fully saturated rings. The fourth-order valence-electron chi connectivity index (χ4n) is 8.20. The molecule has 0 aliphatic heterocycles. The largest absolute Gasteiger partial charge is 0.310 e. The van der Waals surface area contributed by atoms with E-state index in [4.69, 9.17) is 0 Å². The van der Waals surface area contributed by atoms with E-state index in [1.54, 1.807) is 0 Å². The minimum atomic E-state index is 1.10. The molecule has 0 spiro atoms. The van der Waals surface area contributed by atoms with Gasteiger partial charge in [-0.2, -0.15) is 0 Å². The Balaban J connectivity index is 1.12. The van der Waals surface area contributed by atoms with Crippen molar-refractivity contribution in [3.8, 4) is 44.5 Å². The average molecular weight is 700 g/mol. The monoisotopic (exact) mass is 699 g/mol. The molecule has 0 aliphatic rings. The molecule has 1 heteroatoms. The van der Waals surface area contributed by atoms with Gasteiger partial charge in [0.1, 0.15) is 0 Å². The lowest BCUT2D eigenvalue weighted by Gasteiger charge is -2.27. The number of hydrogen-bond acceptors (Lipinski definition) is 1. The highest BCUT2D eigenvalue weighted by Crippen LogP contribution is 2.43. The van der Waals surface area contributed by atoms with Gasteiger partial charge < -0.3 is 4.90 Å². The molecule has 258 valence electrons. The van der Waals surface area contributed by atoms with E-state index in [-0.39, 0.29) is 0 Å². The van der Waals surface area contributed by atoms with E-state index in [0.29, 0.717) is 0 Å². The lowest BCUT2D eigenvalue weighted by molar-refractivity contribution is 1.28. The normalized spacial score (nSPS) is 11.3. The first-order chi connectivity index (χ1) is 27.3. The number of nitrogens with zero attached hydrogens (tertiary/aromatic N) is 1. The molecule has 0 aliphatic carbocycles. The van der Waals surface area contributed by atoms with Crippen LogP contribution in [0.2, 0.25) is 0 Å². The fourth-order valence-corrected chi connectivity index (χ4v) is 8.20. The first kappa shape index (κ1) is 32.4. The van der Waals surface area contributed by atoms with E-state index in [1.807, 2.05) is 0 Å². The Kier molecular flexibility index (Phi) is 8.24. The molecule has 1 nitrogen and oxygen atoms in total. The second-order valence-electron chi connectivity index (χ2n) is 14.1. The van der Waals surface area contributed by atoms with E-state index >= 15 is 0 Å². The molecular formula is C54H37N. The molecule has 10 aromatic carbocycles. The minimum Gasteiger partial charge on any atom is -0.310 e. The summed E-state index contributed by atoms with van der Waals surface area (Å²) in [5.41, 5.74) is 13.0. The quantitative estimate of drug-likeness (QED) is 0.150. The van der Waals surface area contributed by atoms with Gasteiger partial charge in [-0.25, -0.2) is 0 Å². The van der Waals surface area contributed by atoms with E-state index in [9.17, 15) is 0 Å². The Bertz CT molecular complexity index is 2950. The van der Waals surface area contributed by atoms with Crippen LogP contribution in [0.3, 0.4) is 0 Å². The van der Waals surface area contributed by atoms with E-state index < -0.39 is 0 Å². The van der Waals surface area contributed by atoms with Crippen molar-refractivity contribution >= 4 is 49.4 Å². The first-order valence-electron chi connectivity index (χ1n) is 18.9. The summed E-state index contributed by atoms with van der Waals surface area (Å²) >= 11 is 0. The van der Waals surface area contributed by atoms with E-state index in [2.05, 4.69) is 229 Å². The first-order valence-corrected chi connectivity index (χ1v) is 18.9. The van der Waals surface area contributed by atoms with Gasteiger partial charge in [0, 0.05) is 17.1 Å². The standard InChI is InChI=1S/C54H37N/c1-3-14-38(15-4-1)39-26-31-45(32-27-39)55(47-21-13-20-43(36-47)53-37-44-19-8-9-22-48(44)51-24-11-12-25-52(51)53)46-33-28-42(29-34-46)54-49-23-10-7-18-41(49)30-35-50(54)40-16-5-2-6-17-40/h1-37H. The molecule has 10 aromatic rings. The summed E-state index contributed by atoms with van der Waals surface area (Å²) in [4.78, 5) is 2.38. The third-order valence-corrected chi connectivity index (χ3v) is 10.8. The SMILES string of the molecule is c1ccc(-c2ccc(N(c3ccc(-c4c(-c5ccccc5)ccc5ccccc45)cc3)c3cccc(-c4cc5ccccc5c5ccccc45)c3)cc2)cc1. The molecule has 0 aromatic heterocycles. The van der Waals surface area contributed by atoms with Crippen LogP contribution in [0.25, 0.3) is 76.8 Å². The van der Waals surface area contributed by atoms with Crippen molar-refractivity contribution in [1.82, 2.24) is 0 Å². The van der Waals surface area contributed by atoms with Gasteiger partial charge in [0.2, 0.25) is 0 Å². The summed E-state index contributed by atoms with van der Waals surface area (Å²) in [6.07, 6.45) is 0. The molecule has 0 atom stereocenters. The maximum absolute atomic E-state index is 2.38. The van der Waals surface area contributed by atoms with Gasteiger partial charge in [0.05, 0.1) is 0 Å². The van der Waals surface area contributed by atoms with Crippen molar-refractivity contribution in [2.24, 2.45) is 0 Å². The van der Waals surface area contributed by atoms with Gasteiger partial charge in [-0.15, -0.1) is 0 Å². The van der Waals surface area contributed by atoms with Crippen LogP contribution in [0.5, 0.6) is 0 Å². The van der Waals surface area contributed by atoms with Crippen LogP contribution in [0.1, 0.15) is 0 Å². The molecular weight excluding hydrogens is 663 g/mol. The Hall–Kier alpha value is -7.22. The summed E-state index contributed by atoms with van der Waals surface area (Å²) in [6.45, 7) is 0. The molecule has 0 saturated heterocycles. The summed E-state index contributed by atoms with van der Waals surface area (Å²) in [7, 11) is 0. The molecule has 55 heavy (non-hydrogen) atoms. The predicted octanol–water partition coefficient (Wildman–Crippen LogP) is 15.3. The van der Waals surface area contributed by atoms with E-state index in [1.165, 1.54) is 76.8 Å². The van der Waals surface area contributed by atoms with Crippen LogP contribution in [0.4, 0.5) is 17.1 Å². The molecule has 0 heterocycles. The molecule has 0 bridgehead atoms. The maximum Gasteiger partial charge on any atom is 0.0467 e. The van der Waals surface area contributed by atoms with Crippen LogP contribution >= 0.6 is 0 Å². The van der Waals surface area contributed by atoms with Gasteiger partial charge in [-0.3, -0.25) is 0 Å². The molecule has 0 unspecified atom stereocenters. The fraction of sp³-hybridized carbons (Fsp3) is 0. The lowest BCUT2D eigenvalue weighted by Crippen LogP contribution is -2.10. The predicted molar refractivity (Wildman–Crippen MR) is 235 cm³/mol. The van der Waals surface area contributed by atoms with Crippen molar-refractivity contribution in [2.75, 3.05) is 4.90 Å². The highest BCUT2D eigenvalue weighted by molar-refractivity contribution is 6.14. The number of benzene rings is 10. The minimum absolute atomic E-state index is 1.10. The number of hydrogen-bond donors (Lipinski definition) is 0. The average Bonchev–Trinajstić information content (AvgIpc) is 3.27. The van der Waals surface area contributed by atoms with Crippen LogP contribution < -0.4 is 4.90 Å². The zero-order chi connectivity index (χ0) is 36.6.